The number of benzene rings is 2. The molecule has 2 aromatic carbocycles. The quantitative estimate of drug-likeness (QED) is 0.574. The van der Waals surface area contributed by atoms with Gasteiger partial charge in [0.2, 0.25) is 5.09 Å². The number of hydrogen-bond donors (Lipinski definition) is 3. The average Bonchev–Trinajstić information content (AvgIpc) is 3.21. The van der Waals surface area contributed by atoms with Crippen molar-refractivity contribution in [2.24, 2.45) is 0 Å². The Morgan fingerprint density at radius 3 is 2.28 bits per heavy atom. The lowest BCUT2D eigenvalue weighted by molar-refractivity contribution is 0.0988. The zero-order valence-corrected chi connectivity index (χ0v) is 16.5. The van der Waals surface area contributed by atoms with Gasteiger partial charge < -0.3 is 15.1 Å². The summed E-state index contributed by atoms with van der Waals surface area (Å²) in [7, 11) is -2.55. The monoisotopic (exact) mass is 413 g/mol. The van der Waals surface area contributed by atoms with Crippen LogP contribution in [0.1, 0.15) is 26.5 Å². The van der Waals surface area contributed by atoms with Gasteiger partial charge in [0.1, 0.15) is 0 Å². The Kier molecular flexibility index (Phi) is 5.81. The summed E-state index contributed by atoms with van der Waals surface area (Å²) >= 11 is 0. The van der Waals surface area contributed by atoms with Crippen LogP contribution in [0.2, 0.25) is 0 Å². The van der Waals surface area contributed by atoms with Crippen molar-refractivity contribution in [3.8, 4) is 0 Å². The molecule has 1 heterocycles. The van der Waals surface area contributed by atoms with Crippen LogP contribution in [0.15, 0.2) is 70.2 Å². The van der Waals surface area contributed by atoms with Crippen LogP contribution in [0.25, 0.3) is 0 Å². The van der Waals surface area contributed by atoms with Gasteiger partial charge in [-0.3, -0.25) is 9.59 Å². The molecule has 3 N–H and O–H groups in total. The Balaban J connectivity index is 1.79. The molecule has 3 rings (SSSR count). The van der Waals surface area contributed by atoms with Crippen molar-refractivity contribution in [1.29, 1.82) is 0 Å². The number of amides is 2. The topological polar surface area (TPSA) is 118 Å². The van der Waals surface area contributed by atoms with Crippen LogP contribution in [-0.4, -0.2) is 27.3 Å². The van der Waals surface area contributed by atoms with E-state index in [1.807, 2.05) is 18.2 Å². The standard InChI is InChI=1S/C20H19N3O5S/c1-13-15(19(24)22-14-7-4-3-5-8-14)9-6-10-16(13)23-20(25)17-11-12-18(28-17)29(26,27)21-2/h3-12,21H,1-2H3,(H,22,24)(H,23,25). The molecule has 0 saturated carbocycles. The summed E-state index contributed by atoms with van der Waals surface area (Å²) in [5, 5.41) is 5.07. The lowest BCUT2D eigenvalue weighted by Gasteiger charge is -2.12. The molecular weight excluding hydrogens is 394 g/mol. The van der Waals surface area contributed by atoms with Crippen molar-refractivity contribution in [3.05, 3.63) is 77.6 Å². The Hall–Kier alpha value is -3.43. The molecule has 0 unspecified atom stereocenters. The second kappa shape index (κ2) is 8.29. The number of furan rings is 1. The summed E-state index contributed by atoms with van der Waals surface area (Å²) < 4.78 is 30.7. The van der Waals surface area contributed by atoms with Crippen molar-refractivity contribution >= 4 is 33.2 Å². The van der Waals surface area contributed by atoms with E-state index >= 15 is 0 Å². The van der Waals surface area contributed by atoms with E-state index in [2.05, 4.69) is 15.4 Å². The first-order chi connectivity index (χ1) is 13.8. The number of sulfonamides is 1. The SMILES string of the molecule is CNS(=O)(=O)c1ccc(C(=O)Nc2cccc(C(=O)Nc3ccccc3)c2C)o1. The summed E-state index contributed by atoms with van der Waals surface area (Å²) in [6, 6.07) is 16.4. The van der Waals surface area contributed by atoms with Gasteiger partial charge in [-0.05, 0) is 55.9 Å². The molecule has 8 nitrogen and oxygen atoms in total. The number of carbonyl (C=O) groups excluding carboxylic acids is 2. The normalized spacial score (nSPS) is 11.1. The van der Waals surface area contributed by atoms with Crippen LogP contribution < -0.4 is 15.4 Å². The lowest BCUT2D eigenvalue weighted by atomic mass is 10.1. The molecule has 150 valence electrons. The molecule has 0 atom stereocenters. The minimum Gasteiger partial charge on any atom is -0.438 e. The zero-order chi connectivity index (χ0) is 21.0. The third-order valence-electron chi connectivity index (χ3n) is 4.20. The Labute approximate surface area is 168 Å². The first kappa shape index (κ1) is 20.3. The van der Waals surface area contributed by atoms with Gasteiger partial charge in [-0.15, -0.1) is 0 Å². The molecule has 0 bridgehead atoms. The largest absolute Gasteiger partial charge is 0.438 e. The maximum absolute atomic E-state index is 12.6. The smallest absolute Gasteiger partial charge is 0.291 e. The predicted molar refractivity (Wildman–Crippen MR) is 108 cm³/mol. The Morgan fingerprint density at radius 1 is 0.862 bits per heavy atom. The van der Waals surface area contributed by atoms with Gasteiger partial charge in [-0.2, -0.15) is 0 Å². The maximum atomic E-state index is 12.6. The minimum atomic E-state index is -3.79. The first-order valence-electron chi connectivity index (χ1n) is 8.62. The molecule has 0 aliphatic rings. The van der Waals surface area contributed by atoms with Gasteiger partial charge in [0.25, 0.3) is 21.8 Å². The van der Waals surface area contributed by atoms with Crippen molar-refractivity contribution in [1.82, 2.24) is 4.72 Å². The second-order valence-corrected chi connectivity index (χ2v) is 7.90. The molecule has 9 heteroatoms. The van der Waals surface area contributed by atoms with E-state index in [1.165, 1.54) is 19.2 Å². The van der Waals surface area contributed by atoms with Crippen molar-refractivity contribution in [3.63, 3.8) is 0 Å². The van der Waals surface area contributed by atoms with Gasteiger partial charge in [0.15, 0.2) is 5.76 Å². The predicted octanol–water partition coefficient (Wildman–Crippen LogP) is 3.00. The molecule has 0 aliphatic carbocycles. The fraction of sp³-hybridized carbons (Fsp3) is 0.100. The summed E-state index contributed by atoms with van der Waals surface area (Å²) in [5.74, 6) is -1.12. The molecule has 0 aliphatic heterocycles. The molecule has 0 spiro atoms. The molecule has 0 radical (unpaired) electrons. The third-order valence-corrected chi connectivity index (χ3v) is 5.48. The van der Waals surface area contributed by atoms with Crippen LogP contribution >= 0.6 is 0 Å². The summed E-state index contributed by atoms with van der Waals surface area (Å²) in [6.45, 7) is 1.70. The zero-order valence-electron chi connectivity index (χ0n) is 15.7. The molecule has 3 aromatic rings. The van der Waals surface area contributed by atoms with Crippen LogP contribution in [0.3, 0.4) is 0 Å². The highest BCUT2D eigenvalue weighted by Gasteiger charge is 2.20. The third kappa shape index (κ3) is 4.53. The van der Waals surface area contributed by atoms with Gasteiger partial charge in [0.05, 0.1) is 0 Å². The van der Waals surface area contributed by atoms with Gasteiger partial charge in [-0.1, -0.05) is 24.3 Å². The van der Waals surface area contributed by atoms with Gasteiger partial charge in [0, 0.05) is 16.9 Å². The number of nitrogens with one attached hydrogen (secondary N) is 3. The van der Waals surface area contributed by atoms with E-state index in [9.17, 15) is 18.0 Å². The summed E-state index contributed by atoms with van der Waals surface area (Å²) in [5.41, 5.74) is 2.01. The van der Waals surface area contributed by atoms with Crippen molar-refractivity contribution in [2.75, 3.05) is 17.7 Å². The van der Waals surface area contributed by atoms with E-state index < -0.39 is 15.9 Å². The highest BCUT2D eigenvalue weighted by Crippen LogP contribution is 2.22. The molecule has 2 amide bonds. The van der Waals surface area contributed by atoms with E-state index in [-0.39, 0.29) is 16.8 Å². The van der Waals surface area contributed by atoms with E-state index in [0.717, 1.165) is 0 Å². The highest BCUT2D eigenvalue weighted by atomic mass is 32.2. The Bertz CT molecular complexity index is 1150. The van der Waals surface area contributed by atoms with Crippen LogP contribution in [-0.2, 0) is 10.0 Å². The lowest BCUT2D eigenvalue weighted by Crippen LogP contribution is -2.18. The fourth-order valence-corrected chi connectivity index (χ4v) is 3.26. The number of para-hydroxylation sites is 1. The molecule has 0 saturated heterocycles. The van der Waals surface area contributed by atoms with Crippen LogP contribution in [0, 0.1) is 6.92 Å². The van der Waals surface area contributed by atoms with E-state index in [0.29, 0.717) is 22.5 Å². The molecular formula is C20H19N3O5S. The number of carbonyl (C=O) groups is 2. The van der Waals surface area contributed by atoms with Gasteiger partial charge >= 0.3 is 0 Å². The highest BCUT2D eigenvalue weighted by molar-refractivity contribution is 7.89. The first-order valence-corrected chi connectivity index (χ1v) is 10.1. The summed E-state index contributed by atoms with van der Waals surface area (Å²) in [4.78, 5) is 25.0. The Morgan fingerprint density at radius 2 is 1.59 bits per heavy atom. The second-order valence-electron chi connectivity index (χ2n) is 6.08. The number of anilines is 2. The van der Waals surface area contributed by atoms with Crippen molar-refractivity contribution < 1.29 is 22.4 Å². The molecule has 29 heavy (non-hydrogen) atoms. The minimum absolute atomic E-state index is 0.169. The van der Waals surface area contributed by atoms with E-state index in [1.54, 1.807) is 37.3 Å². The average molecular weight is 413 g/mol. The fourth-order valence-electron chi connectivity index (χ4n) is 2.61. The number of rotatable bonds is 6. The van der Waals surface area contributed by atoms with Crippen LogP contribution in [0.5, 0.6) is 0 Å². The molecule has 1 aromatic heterocycles. The van der Waals surface area contributed by atoms with Crippen LogP contribution in [0.4, 0.5) is 11.4 Å². The number of hydrogen-bond acceptors (Lipinski definition) is 5. The van der Waals surface area contributed by atoms with Crippen molar-refractivity contribution in [2.45, 2.75) is 12.0 Å². The summed E-state index contributed by atoms with van der Waals surface area (Å²) in [6.07, 6.45) is 0. The van der Waals surface area contributed by atoms with E-state index in [4.69, 9.17) is 4.42 Å². The maximum Gasteiger partial charge on any atom is 0.291 e. The molecule has 0 fully saturated rings. The van der Waals surface area contributed by atoms with Gasteiger partial charge in [-0.25, -0.2) is 13.1 Å².